The SMILES string of the molecule is CCCNS(=O)(=O)c1cc(C(=O)Nc2ccc(Cl)c(Cl)c2)ccc1OC. The summed E-state index contributed by atoms with van der Waals surface area (Å²) in [5, 5.41) is 3.31. The molecule has 140 valence electrons. The van der Waals surface area contributed by atoms with Gasteiger partial charge in [0.15, 0.2) is 0 Å². The first-order chi connectivity index (χ1) is 12.3. The fraction of sp³-hybridized carbons (Fsp3) is 0.235. The zero-order valence-electron chi connectivity index (χ0n) is 14.2. The molecule has 9 heteroatoms. The number of rotatable bonds is 7. The Kier molecular flexibility index (Phi) is 6.88. The molecule has 2 aromatic rings. The third kappa shape index (κ3) is 4.88. The lowest BCUT2D eigenvalue weighted by atomic mass is 10.2. The lowest BCUT2D eigenvalue weighted by Crippen LogP contribution is -2.25. The predicted molar refractivity (Wildman–Crippen MR) is 103 cm³/mol. The fourth-order valence-electron chi connectivity index (χ4n) is 2.12. The van der Waals surface area contributed by atoms with Crippen LogP contribution in [0.1, 0.15) is 23.7 Å². The Morgan fingerprint density at radius 2 is 1.85 bits per heavy atom. The number of nitrogens with one attached hydrogen (secondary N) is 2. The van der Waals surface area contributed by atoms with E-state index in [2.05, 4.69) is 10.0 Å². The normalized spacial score (nSPS) is 11.2. The van der Waals surface area contributed by atoms with Crippen molar-refractivity contribution in [2.75, 3.05) is 19.0 Å². The summed E-state index contributed by atoms with van der Waals surface area (Å²) in [6.45, 7) is 2.13. The second kappa shape index (κ2) is 8.73. The van der Waals surface area contributed by atoms with Gasteiger partial charge in [-0.15, -0.1) is 0 Å². The first-order valence-electron chi connectivity index (χ1n) is 7.72. The van der Waals surface area contributed by atoms with Crippen molar-refractivity contribution in [3.05, 3.63) is 52.0 Å². The minimum atomic E-state index is -3.80. The minimum absolute atomic E-state index is 0.102. The maximum Gasteiger partial charge on any atom is 0.255 e. The van der Waals surface area contributed by atoms with Crippen LogP contribution >= 0.6 is 23.2 Å². The average Bonchev–Trinajstić information content (AvgIpc) is 2.62. The van der Waals surface area contributed by atoms with E-state index in [9.17, 15) is 13.2 Å². The molecule has 2 aromatic carbocycles. The summed E-state index contributed by atoms with van der Waals surface area (Å²) in [6.07, 6.45) is 0.638. The van der Waals surface area contributed by atoms with Gasteiger partial charge in [0.25, 0.3) is 5.91 Å². The van der Waals surface area contributed by atoms with E-state index in [4.69, 9.17) is 27.9 Å². The third-order valence-electron chi connectivity index (χ3n) is 3.43. The summed E-state index contributed by atoms with van der Waals surface area (Å²) in [7, 11) is -2.44. The standard InChI is InChI=1S/C17H18Cl2N2O4S/c1-3-8-20-26(23,24)16-9-11(4-7-15(16)25-2)17(22)21-12-5-6-13(18)14(19)10-12/h4-7,9-10,20H,3,8H2,1-2H3,(H,21,22). The summed E-state index contributed by atoms with van der Waals surface area (Å²) in [4.78, 5) is 12.4. The topological polar surface area (TPSA) is 84.5 Å². The van der Waals surface area contributed by atoms with Crippen LogP contribution in [0, 0.1) is 0 Å². The molecule has 0 spiro atoms. The van der Waals surface area contributed by atoms with Gasteiger partial charge in [0.05, 0.1) is 17.2 Å². The molecule has 0 saturated carbocycles. The van der Waals surface area contributed by atoms with Gasteiger partial charge in [-0.1, -0.05) is 30.1 Å². The molecule has 0 heterocycles. The number of sulfonamides is 1. The molecule has 0 unspecified atom stereocenters. The predicted octanol–water partition coefficient (Wildman–Crippen LogP) is 3.94. The van der Waals surface area contributed by atoms with Crippen LogP contribution in [0.4, 0.5) is 5.69 Å². The zero-order valence-corrected chi connectivity index (χ0v) is 16.5. The second-order valence-corrected chi connectivity index (χ2v) is 7.90. The van der Waals surface area contributed by atoms with E-state index in [1.165, 1.54) is 31.4 Å². The molecule has 6 nitrogen and oxygen atoms in total. The van der Waals surface area contributed by atoms with E-state index in [0.29, 0.717) is 22.2 Å². The van der Waals surface area contributed by atoms with Gasteiger partial charge in [0, 0.05) is 17.8 Å². The Hall–Kier alpha value is -1.80. The summed E-state index contributed by atoms with van der Waals surface area (Å²) in [5.41, 5.74) is 0.600. The molecule has 0 aliphatic heterocycles. The molecule has 0 bridgehead atoms. The number of hydrogen-bond acceptors (Lipinski definition) is 4. The van der Waals surface area contributed by atoms with E-state index in [0.717, 1.165) is 0 Å². The van der Waals surface area contributed by atoms with Crippen LogP contribution in [-0.4, -0.2) is 28.0 Å². The van der Waals surface area contributed by atoms with Gasteiger partial charge < -0.3 is 10.1 Å². The van der Waals surface area contributed by atoms with E-state index in [1.54, 1.807) is 12.1 Å². The number of benzene rings is 2. The quantitative estimate of drug-likeness (QED) is 0.715. The molecular weight excluding hydrogens is 399 g/mol. The number of halogens is 2. The van der Waals surface area contributed by atoms with Crippen molar-refractivity contribution in [3.8, 4) is 5.75 Å². The van der Waals surface area contributed by atoms with Crippen LogP contribution in [0.5, 0.6) is 5.75 Å². The van der Waals surface area contributed by atoms with E-state index >= 15 is 0 Å². The highest BCUT2D eigenvalue weighted by Gasteiger charge is 2.21. The number of amides is 1. The molecule has 1 amide bonds. The molecule has 0 saturated heterocycles. The van der Waals surface area contributed by atoms with E-state index in [1.807, 2.05) is 6.92 Å². The van der Waals surface area contributed by atoms with Gasteiger partial charge in [-0.3, -0.25) is 4.79 Å². The highest BCUT2D eigenvalue weighted by atomic mass is 35.5. The van der Waals surface area contributed by atoms with Gasteiger partial charge >= 0.3 is 0 Å². The molecule has 0 aliphatic carbocycles. The molecule has 2 N–H and O–H groups in total. The first kappa shape index (κ1) is 20.5. The zero-order chi connectivity index (χ0) is 19.3. The number of carbonyl (C=O) groups excluding carboxylic acids is 1. The molecular formula is C17H18Cl2N2O4S. The minimum Gasteiger partial charge on any atom is -0.495 e. The van der Waals surface area contributed by atoms with Crippen molar-refractivity contribution < 1.29 is 17.9 Å². The van der Waals surface area contributed by atoms with Gasteiger partial charge in [0.2, 0.25) is 10.0 Å². The average molecular weight is 417 g/mol. The van der Waals surface area contributed by atoms with E-state index in [-0.39, 0.29) is 22.8 Å². The summed E-state index contributed by atoms with van der Waals surface area (Å²) >= 11 is 11.8. The molecule has 26 heavy (non-hydrogen) atoms. The van der Waals surface area contributed by atoms with Crippen LogP contribution in [0.3, 0.4) is 0 Å². The van der Waals surface area contributed by atoms with Crippen molar-refractivity contribution in [2.45, 2.75) is 18.2 Å². The molecule has 0 radical (unpaired) electrons. The van der Waals surface area contributed by atoms with Crippen LogP contribution in [0.25, 0.3) is 0 Å². The van der Waals surface area contributed by atoms with Gasteiger partial charge in [0.1, 0.15) is 10.6 Å². The van der Waals surface area contributed by atoms with Crippen molar-refractivity contribution >= 4 is 44.8 Å². The smallest absolute Gasteiger partial charge is 0.255 e. The maximum atomic E-state index is 12.5. The number of hydrogen-bond donors (Lipinski definition) is 2. The lowest BCUT2D eigenvalue weighted by Gasteiger charge is -2.12. The Balaban J connectivity index is 2.33. The van der Waals surface area contributed by atoms with Crippen LogP contribution in [-0.2, 0) is 10.0 Å². The molecule has 0 fully saturated rings. The van der Waals surface area contributed by atoms with Crippen LogP contribution in [0.15, 0.2) is 41.3 Å². The number of ether oxygens (including phenoxy) is 1. The maximum absolute atomic E-state index is 12.5. The third-order valence-corrected chi connectivity index (χ3v) is 5.66. The summed E-state index contributed by atoms with van der Waals surface area (Å²) in [5.74, 6) is -0.335. The van der Waals surface area contributed by atoms with Crippen molar-refractivity contribution in [3.63, 3.8) is 0 Å². The Morgan fingerprint density at radius 1 is 1.12 bits per heavy atom. The van der Waals surface area contributed by atoms with Crippen LogP contribution < -0.4 is 14.8 Å². The Bertz CT molecular complexity index is 917. The van der Waals surface area contributed by atoms with Crippen molar-refractivity contribution in [1.29, 1.82) is 0 Å². The molecule has 2 rings (SSSR count). The molecule has 0 aliphatic rings. The number of carbonyl (C=O) groups is 1. The highest BCUT2D eigenvalue weighted by Crippen LogP contribution is 2.27. The Morgan fingerprint density at radius 3 is 2.46 bits per heavy atom. The second-order valence-electron chi connectivity index (χ2n) is 5.35. The largest absolute Gasteiger partial charge is 0.495 e. The lowest BCUT2D eigenvalue weighted by molar-refractivity contribution is 0.102. The number of methoxy groups -OCH3 is 1. The molecule has 0 aromatic heterocycles. The Labute approximate surface area is 162 Å². The fourth-order valence-corrected chi connectivity index (χ4v) is 3.74. The number of anilines is 1. The summed E-state index contributed by atoms with van der Waals surface area (Å²) < 4.78 is 32.4. The molecule has 0 atom stereocenters. The first-order valence-corrected chi connectivity index (χ1v) is 9.96. The van der Waals surface area contributed by atoms with E-state index < -0.39 is 15.9 Å². The van der Waals surface area contributed by atoms with Crippen molar-refractivity contribution in [1.82, 2.24) is 4.72 Å². The van der Waals surface area contributed by atoms with Crippen LogP contribution in [0.2, 0.25) is 10.0 Å². The summed E-state index contributed by atoms with van der Waals surface area (Å²) in [6, 6.07) is 8.83. The highest BCUT2D eigenvalue weighted by molar-refractivity contribution is 7.89. The van der Waals surface area contributed by atoms with Gasteiger partial charge in [-0.25, -0.2) is 13.1 Å². The van der Waals surface area contributed by atoms with Crippen molar-refractivity contribution in [2.24, 2.45) is 0 Å². The van der Waals surface area contributed by atoms with Gasteiger partial charge in [-0.05, 0) is 42.8 Å². The van der Waals surface area contributed by atoms with Gasteiger partial charge in [-0.2, -0.15) is 0 Å². The monoisotopic (exact) mass is 416 g/mol.